The molecule has 1 amide bonds. The second-order valence-corrected chi connectivity index (χ2v) is 4.61. The summed E-state index contributed by atoms with van der Waals surface area (Å²) in [7, 11) is 0. The summed E-state index contributed by atoms with van der Waals surface area (Å²) in [5.41, 5.74) is 0.635. The number of benzene rings is 1. The van der Waals surface area contributed by atoms with E-state index in [9.17, 15) is 9.90 Å². The summed E-state index contributed by atoms with van der Waals surface area (Å²) >= 11 is 0. The fourth-order valence-electron chi connectivity index (χ4n) is 1.61. The molecule has 0 spiro atoms. The highest BCUT2D eigenvalue weighted by molar-refractivity contribution is 6.01. The maximum absolute atomic E-state index is 11.9. The third-order valence-corrected chi connectivity index (χ3v) is 2.95. The van der Waals surface area contributed by atoms with Gasteiger partial charge in [-0.2, -0.15) is 5.26 Å². The van der Waals surface area contributed by atoms with Crippen molar-refractivity contribution >= 4 is 12.0 Å². The summed E-state index contributed by atoms with van der Waals surface area (Å²) in [6, 6.07) is 6.58. The van der Waals surface area contributed by atoms with E-state index in [4.69, 9.17) is 10.00 Å². The van der Waals surface area contributed by atoms with Crippen LogP contribution in [0.5, 0.6) is 11.5 Å². The Morgan fingerprint density at radius 2 is 2.24 bits per heavy atom. The summed E-state index contributed by atoms with van der Waals surface area (Å²) in [5, 5.41) is 21.5. The minimum atomic E-state index is -0.405. The lowest BCUT2D eigenvalue weighted by Gasteiger charge is -2.10. The van der Waals surface area contributed by atoms with Crippen LogP contribution in [0.3, 0.4) is 0 Å². The average Bonchev–Trinajstić information content (AvgIpc) is 2.47. The Kier molecular flexibility index (Phi) is 6.28. The number of hydrogen-bond donors (Lipinski definition) is 2. The summed E-state index contributed by atoms with van der Waals surface area (Å²) in [6.07, 6.45) is 2.26. The van der Waals surface area contributed by atoms with E-state index in [0.717, 1.165) is 6.42 Å². The first-order chi connectivity index (χ1) is 10.0. The number of nitriles is 1. The zero-order chi connectivity index (χ0) is 15.8. The van der Waals surface area contributed by atoms with E-state index < -0.39 is 5.91 Å². The summed E-state index contributed by atoms with van der Waals surface area (Å²) in [5.74, 6) is -0.0553. The van der Waals surface area contributed by atoms with Gasteiger partial charge in [-0.15, -0.1) is 0 Å². The first-order valence-electron chi connectivity index (χ1n) is 6.90. The second-order valence-electron chi connectivity index (χ2n) is 4.61. The highest BCUT2D eigenvalue weighted by atomic mass is 16.5. The molecular weight excluding hydrogens is 268 g/mol. The van der Waals surface area contributed by atoms with Crippen LogP contribution in [0.1, 0.15) is 32.8 Å². The summed E-state index contributed by atoms with van der Waals surface area (Å²) in [4.78, 5) is 11.9. The summed E-state index contributed by atoms with van der Waals surface area (Å²) < 4.78 is 5.27. The van der Waals surface area contributed by atoms with Gasteiger partial charge in [0.25, 0.3) is 5.91 Å². The fourth-order valence-corrected chi connectivity index (χ4v) is 1.61. The standard InChI is InChI=1S/C16H20N2O3/c1-4-11(3)18-16(20)13(10-17)8-12-6-7-14(19)15(9-12)21-5-2/h6-9,11,19H,4-5H2,1-3H3,(H,18,20)/b13-8+/t11-/m1/s1. The number of aromatic hydroxyl groups is 1. The molecule has 0 aliphatic heterocycles. The Bertz CT molecular complexity index is 573. The van der Waals surface area contributed by atoms with Crippen LogP contribution in [0.15, 0.2) is 23.8 Å². The van der Waals surface area contributed by atoms with Gasteiger partial charge in [-0.25, -0.2) is 0 Å². The molecule has 0 aromatic heterocycles. The maximum atomic E-state index is 11.9. The molecule has 0 aliphatic rings. The number of rotatable bonds is 6. The Labute approximate surface area is 124 Å². The molecule has 0 radical (unpaired) electrons. The smallest absolute Gasteiger partial charge is 0.262 e. The van der Waals surface area contributed by atoms with Crippen LogP contribution in [-0.4, -0.2) is 23.7 Å². The van der Waals surface area contributed by atoms with Crippen molar-refractivity contribution in [1.29, 1.82) is 5.26 Å². The molecule has 112 valence electrons. The Morgan fingerprint density at radius 1 is 1.52 bits per heavy atom. The van der Waals surface area contributed by atoms with Crippen LogP contribution in [0.2, 0.25) is 0 Å². The molecule has 1 atom stereocenters. The molecular formula is C16H20N2O3. The topological polar surface area (TPSA) is 82.3 Å². The number of nitrogens with one attached hydrogen (secondary N) is 1. The van der Waals surface area contributed by atoms with Crippen molar-refractivity contribution in [1.82, 2.24) is 5.32 Å². The van der Waals surface area contributed by atoms with Crippen LogP contribution >= 0.6 is 0 Å². The lowest BCUT2D eigenvalue weighted by atomic mass is 10.1. The number of carbonyl (C=O) groups is 1. The predicted molar refractivity (Wildman–Crippen MR) is 80.8 cm³/mol. The van der Waals surface area contributed by atoms with E-state index in [1.165, 1.54) is 12.1 Å². The minimum absolute atomic E-state index is 0.00746. The fraction of sp³-hybridized carbons (Fsp3) is 0.375. The van der Waals surface area contributed by atoms with Gasteiger partial charge in [0.2, 0.25) is 0 Å². The highest BCUT2D eigenvalue weighted by Gasteiger charge is 2.12. The maximum Gasteiger partial charge on any atom is 0.262 e. The largest absolute Gasteiger partial charge is 0.504 e. The lowest BCUT2D eigenvalue weighted by Crippen LogP contribution is -2.32. The number of phenols is 1. The van der Waals surface area contributed by atoms with Crippen molar-refractivity contribution in [2.75, 3.05) is 6.61 Å². The number of amides is 1. The van der Waals surface area contributed by atoms with E-state index in [0.29, 0.717) is 17.9 Å². The Morgan fingerprint density at radius 3 is 2.81 bits per heavy atom. The van der Waals surface area contributed by atoms with E-state index in [-0.39, 0.29) is 17.4 Å². The highest BCUT2D eigenvalue weighted by Crippen LogP contribution is 2.27. The molecule has 21 heavy (non-hydrogen) atoms. The minimum Gasteiger partial charge on any atom is -0.504 e. The van der Waals surface area contributed by atoms with Gasteiger partial charge in [-0.3, -0.25) is 4.79 Å². The van der Waals surface area contributed by atoms with Gasteiger partial charge in [0.1, 0.15) is 11.6 Å². The quantitative estimate of drug-likeness (QED) is 0.622. The second kappa shape index (κ2) is 7.95. The molecule has 0 fully saturated rings. The molecule has 5 nitrogen and oxygen atoms in total. The van der Waals surface area contributed by atoms with E-state index >= 15 is 0 Å². The van der Waals surface area contributed by atoms with Crippen molar-refractivity contribution in [3.63, 3.8) is 0 Å². The van der Waals surface area contributed by atoms with Crippen molar-refractivity contribution < 1.29 is 14.6 Å². The first kappa shape index (κ1) is 16.6. The van der Waals surface area contributed by atoms with E-state index in [2.05, 4.69) is 5.32 Å². The monoisotopic (exact) mass is 288 g/mol. The first-order valence-corrected chi connectivity index (χ1v) is 6.90. The third-order valence-electron chi connectivity index (χ3n) is 2.95. The number of phenolic OH excluding ortho intramolecular Hbond substituents is 1. The number of ether oxygens (including phenoxy) is 1. The summed E-state index contributed by atoms with van der Waals surface area (Å²) in [6.45, 7) is 6.05. The van der Waals surface area contributed by atoms with Gasteiger partial charge in [-0.05, 0) is 44.0 Å². The van der Waals surface area contributed by atoms with Crippen molar-refractivity contribution in [3.05, 3.63) is 29.3 Å². The van der Waals surface area contributed by atoms with Crippen molar-refractivity contribution in [2.45, 2.75) is 33.2 Å². The van der Waals surface area contributed by atoms with E-state index in [1.807, 2.05) is 26.8 Å². The Balaban J connectivity index is 3.00. The molecule has 1 rings (SSSR count). The molecule has 0 aliphatic carbocycles. The molecule has 0 unspecified atom stereocenters. The van der Waals surface area contributed by atoms with Crippen LogP contribution in [0.4, 0.5) is 0 Å². The zero-order valence-electron chi connectivity index (χ0n) is 12.5. The lowest BCUT2D eigenvalue weighted by molar-refractivity contribution is -0.117. The van der Waals surface area contributed by atoms with Gasteiger partial charge in [-0.1, -0.05) is 13.0 Å². The van der Waals surface area contributed by atoms with Gasteiger partial charge < -0.3 is 15.2 Å². The van der Waals surface area contributed by atoms with Crippen molar-refractivity contribution in [2.24, 2.45) is 0 Å². The number of nitrogens with zero attached hydrogens (tertiary/aromatic N) is 1. The van der Waals surface area contributed by atoms with E-state index in [1.54, 1.807) is 12.1 Å². The van der Waals surface area contributed by atoms with Crippen LogP contribution < -0.4 is 10.1 Å². The normalized spacial score (nSPS) is 12.4. The molecule has 2 N–H and O–H groups in total. The average molecular weight is 288 g/mol. The molecule has 5 heteroatoms. The number of hydrogen-bond acceptors (Lipinski definition) is 4. The Hall–Kier alpha value is -2.48. The van der Waals surface area contributed by atoms with Gasteiger partial charge in [0, 0.05) is 6.04 Å². The third kappa shape index (κ3) is 4.84. The molecule has 1 aromatic carbocycles. The van der Waals surface area contributed by atoms with Crippen LogP contribution in [0.25, 0.3) is 6.08 Å². The number of carbonyl (C=O) groups excluding carboxylic acids is 1. The molecule has 0 saturated heterocycles. The van der Waals surface area contributed by atoms with Crippen LogP contribution in [-0.2, 0) is 4.79 Å². The van der Waals surface area contributed by atoms with Gasteiger partial charge in [0.15, 0.2) is 11.5 Å². The van der Waals surface area contributed by atoms with Crippen molar-refractivity contribution in [3.8, 4) is 17.6 Å². The molecule has 0 heterocycles. The molecule has 0 bridgehead atoms. The molecule has 1 aromatic rings. The van der Waals surface area contributed by atoms with Gasteiger partial charge >= 0.3 is 0 Å². The SMILES string of the molecule is CCOc1cc(/C=C(\C#N)C(=O)N[C@H](C)CC)ccc1O. The van der Waals surface area contributed by atoms with Gasteiger partial charge in [0.05, 0.1) is 6.61 Å². The molecule has 0 saturated carbocycles. The zero-order valence-corrected chi connectivity index (χ0v) is 12.5. The predicted octanol–water partition coefficient (Wildman–Crippen LogP) is 2.61. The van der Waals surface area contributed by atoms with Crippen LogP contribution in [0, 0.1) is 11.3 Å².